The maximum atomic E-state index is 4.99. The minimum absolute atomic E-state index is 0.954. The van der Waals surface area contributed by atoms with Crippen molar-refractivity contribution in [3.8, 4) is 0 Å². The predicted octanol–water partition coefficient (Wildman–Crippen LogP) is 5.21. The molecule has 2 aromatic heterocycles. The van der Waals surface area contributed by atoms with Gasteiger partial charge in [-0.2, -0.15) is 0 Å². The molecule has 0 radical (unpaired) electrons. The number of anilines is 2. The molecule has 43 heavy (non-hydrogen) atoms. The van der Waals surface area contributed by atoms with Gasteiger partial charge in [0.15, 0.2) is 0 Å². The second-order valence-electron chi connectivity index (χ2n) is 11.7. The highest BCUT2D eigenvalue weighted by Crippen LogP contribution is 2.28. The fourth-order valence-corrected chi connectivity index (χ4v) is 6.71. The second-order valence-corrected chi connectivity index (χ2v) is 11.7. The number of nitrogens with zero attached hydrogens (tertiary/aromatic N) is 8. The van der Waals surface area contributed by atoms with Crippen molar-refractivity contribution in [3.63, 3.8) is 0 Å². The van der Waals surface area contributed by atoms with Crippen LogP contribution in [0.3, 0.4) is 0 Å². The molecule has 216 valence electrons. The highest BCUT2D eigenvalue weighted by molar-refractivity contribution is 5.95. The Morgan fingerprint density at radius 3 is 1.19 bits per heavy atom. The van der Waals surface area contributed by atoms with E-state index in [1.54, 1.807) is 0 Å². The lowest BCUT2D eigenvalue weighted by Crippen LogP contribution is -2.49. The SMILES string of the molecule is c1ccc2nc3c(N4CCN(CCCN5CCN(c6cccc7nc8ccccc8nc67)CC5)CC4)cccc3nc2c1. The number of para-hydroxylation sites is 6. The Labute approximate surface area is 251 Å². The molecule has 2 aliphatic rings. The summed E-state index contributed by atoms with van der Waals surface area (Å²) in [5, 5.41) is 0. The lowest BCUT2D eigenvalue weighted by molar-refractivity contribution is 0.213. The molecule has 0 aliphatic carbocycles. The zero-order valence-electron chi connectivity index (χ0n) is 24.4. The van der Waals surface area contributed by atoms with E-state index in [1.807, 2.05) is 36.4 Å². The van der Waals surface area contributed by atoms with Gasteiger partial charge in [-0.3, -0.25) is 9.80 Å². The topological polar surface area (TPSA) is 64.5 Å². The summed E-state index contributed by atoms with van der Waals surface area (Å²) in [6.45, 7) is 10.7. The summed E-state index contributed by atoms with van der Waals surface area (Å²) in [7, 11) is 0. The molecule has 2 fully saturated rings. The first-order chi connectivity index (χ1) is 21.3. The summed E-state index contributed by atoms with van der Waals surface area (Å²) >= 11 is 0. The quantitative estimate of drug-likeness (QED) is 0.254. The van der Waals surface area contributed by atoms with E-state index in [4.69, 9.17) is 19.9 Å². The third-order valence-corrected chi connectivity index (χ3v) is 9.07. The third-order valence-electron chi connectivity index (χ3n) is 9.07. The van der Waals surface area contributed by atoms with Gasteiger partial charge in [-0.25, -0.2) is 19.9 Å². The maximum Gasteiger partial charge on any atom is 0.113 e. The van der Waals surface area contributed by atoms with Gasteiger partial charge in [-0.05, 0) is 68.0 Å². The molecule has 0 bridgehead atoms. The largest absolute Gasteiger partial charge is 0.367 e. The van der Waals surface area contributed by atoms with Gasteiger partial charge in [-0.1, -0.05) is 36.4 Å². The van der Waals surface area contributed by atoms with Crippen LogP contribution >= 0.6 is 0 Å². The Kier molecular flexibility index (Phi) is 6.93. The number of aromatic nitrogens is 4. The smallest absolute Gasteiger partial charge is 0.113 e. The molecule has 0 atom stereocenters. The highest BCUT2D eigenvalue weighted by Gasteiger charge is 2.22. The van der Waals surface area contributed by atoms with Crippen LogP contribution < -0.4 is 9.80 Å². The molecule has 0 amide bonds. The average molecular weight is 569 g/mol. The van der Waals surface area contributed by atoms with E-state index in [0.29, 0.717) is 0 Å². The van der Waals surface area contributed by atoms with Gasteiger partial charge in [-0.15, -0.1) is 0 Å². The summed E-state index contributed by atoms with van der Waals surface area (Å²) in [5.74, 6) is 0. The van der Waals surface area contributed by atoms with Crippen LogP contribution in [0.5, 0.6) is 0 Å². The summed E-state index contributed by atoms with van der Waals surface area (Å²) in [4.78, 5) is 29.9. The minimum Gasteiger partial charge on any atom is -0.367 e. The Bertz CT molecular complexity index is 1770. The van der Waals surface area contributed by atoms with Crippen LogP contribution in [-0.4, -0.2) is 95.2 Å². The van der Waals surface area contributed by atoms with Crippen LogP contribution in [0.4, 0.5) is 11.4 Å². The molecule has 0 saturated carbocycles. The number of fused-ring (bicyclic) bond motifs is 4. The van der Waals surface area contributed by atoms with Gasteiger partial charge in [0.1, 0.15) is 11.0 Å². The molecule has 8 rings (SSSR count). The van der Waals surface area contributed by atoms with Crippen molar-refractivity contribution >= 4 is 55.5 Å². The van der Waals surface area contributed by atoms with Gasteiger partial charge >= 0.3 is 0 Å². The van der Waals surface area contributed by atoms with E-state index in [2.05, 4.69) is 68.1 Å². The van der Waals surface area contributed by atoms with Gasteiger partial charge in [0, 0.05) is 52.4 Å². The van der Waals surface area contributed by atoms with E-state index in [9.17, 15) is 0 Å². The molecular formula is C35H36N8. The standard InChI is InChI=1S/C35H36N8/c1-3-10-28-26(8-1)36-30-12-5-14-32(34(30)38-28)42-22-18-40(19-23-42)16-7-17-41-20-24-43(25-21-41)33-15-6-13-31-35(33)39-29-11-4-2-9-27(29)37-31/h1-6,8-15H,7,16-25H2. The van der Waals surface area contributed by atoms with Crippen LogP contribution in [0.2, 0.25) is 0 Å². The summed E-state index contributed by atoms with van der Waals surface area (Å²) in [6, 6.07) is 29.1. The Morgan fingerprint density at radius 2 is 0.767 bits per heavy atom. The monoisotopic (exact) mass is 568 g/mol. The maximum absolute atomic E-state index is 4.99. The van der Waals surface area contributed by atoms with Crippen LogP contribution in [0, 0.1) is 0 Å². The first-order valence-corrected chi connectivity index (χ1v) is 15.5. The van der Waals surface area contributed by atoms with Crippen LogP contribution in [0.1, 0.15) is 6.42 Å². The Morgan fingerprint density at radius 1 is 0.395 bits per heavy atom. The molecule has 0 spiro atoms. The van der Waals surface area contributed by atoms with Crippen molar-refractivity contribution in [2.24, 2.45) is 0 Å². The molecule has 4 aromatic carbocycles. The van der Waals surface area contributed by atoms with Gasteiger partial charge in [0.2, 0.25) is 0 Å². The second kappa shape index (κ2) is 11.4. The highest BCUT2D eigenvalue weighted by atomic mass is 15.3. The van der Waals surface area contributed by atoms with E-state index in [0.717, 1.165) is 110 Å². The van der Waals surface area contributed by atoms with E-state index >= 15 is 0 Å². The molecule has 8 heteroatoms. The molecule has 0 unspecified atom stereocenters. The summed E-state index contributed by atoms with van der Waals surface area (Å²) < 4.78 is 0. The lowest BCUT2D eigenvalue weighted by atomic mass is 10.2. The number of rotatable bonds is 6. The molecule has 0 N–H and O–H groups in total. The summed E-state index contributed by atoms with van der Waals surface area (Å²) in [5.41, 5.74) is 10.2. The zero-order valence-corrected chi connectivity index (χ0v) is 24.4. The van der Waals surface area contributed by atoms with Crippen LogP contribution in [0.15, 0.2) is 84.9 Å². The first-order valence-electron chi connectivity index (χ1n) is 15.5. The van der Waals surface area contributed by atoms with Crippen LogP contribution in [-0.2, 0) is 0 Å². The molecule has 6 aromatic rings. The van der Waals surface area contributed by atoms with Crippen molar-refractivity contribution in [3.05, 3.63) is 84.9 Å². The zero-order chi connectivity index (χ0) is 28.6. The lowest BCUT2D eigenvalue weighted by Gasteiger charge is -2.38. The third kappa shape index (κ3) is 5.21. The molecule has 4 heterocycles. The number of benzene rings is 4. The summed E-state index contributed by atoms with van der Waals surface area (Å²) in [6.07, 6.45) is 1.21. The van der Waals surface area contributed by atoms with E-state index < -0.39 is 0 Å². The van der Waals surface area contributed by atoms with Gasteiger partial charge in [0.05, 0.1) is 44.5 Å². The minimum atomic E-state index is 0.954. The van der Waals surface area contributed by atoms with Crippen molar-refractivity contribution in [1.82, 2.24) is 29.7 Å². The number of piperazine rings is 2. The fourth-order valence-electron chi connectivity index (χ4n) is 6.71. The first kappa shape index (κ1) is 26.2. The average Bonchev–Trinajstić information content (AvgIpc) is 3.06. The molecule has 2 aliphatic heterocycles. The Hall–Kier alpha value is -4.40. The van der Waals surface area contributed by atoms with Crippen LogP contribution in [0.25, 0.3) is 44.1 Å². The van der Waals surface area contributed by atoms with Crippen molar-refractivity contribution in [1.29, 1.82) is 0 Å². The van der Waals surface area contributed by atoms with E-state index in [1.165, 1.54) is 17.8 Å². The van der Waals surface area contributed by atoms with Gasteiger partial charge in [0.25, 0.3) is 0 Å². The number of hydrogen-bond donors (Lipinski definition) is 0. The molecular weight excluding hydrogens is 532 g/mol. The van der Waals surface area contributed by atoms with Crippen molar-refractivity contribution in [2.75, 3.05) is 75.2 Å². The molecule has 2 saturated heterocycles. The predicted molar refractivity (Wildman–Crippen MR) is 176 cm³/mol. The Balaban J connectivity index is 0.842. The van der Waals surface area contributed by atoms with Crippen molar-refractivity contribution < 1.29 is 0 Å². The van der Waals surface area contributed by atoms with Crippen molar-refractivity contribution in [2.45, 2.75) is 6.42 Å². The van der Waals surface area contributed by atoms with E-state index in [-0.39, 0.29) is 0 Å². The fraction of sp³-hybridized carbons (Fsp3) is 0.314. The normalized spacial score (nSPS) is 17.0. The molecule has 8 nitrogen and oxygen atoms in total. The number of hydrogen-bond acceptors (Lipinski definition) is 8. The van der Waals surface area contributed by atoms with Gasteiger partial charge < -0.3 is 9.80 Å².